The summed E-state index contributed by atoms with van der Waals surface area (Å²) in [5, 5.41) is 9.69. The Morgan fingerprint density at radius 3 is 2.48 bits per heavy atom. The fourth-order valence-corrected chi connectivity index (χ4v) is 4.58. The van der Waals surface area contributed by atoms with Gasteiger partial charge in [-0.25, -0.2) is 0 Å². The lowest BCUT2D eigenvalue weighted by Crippen LogP contribution is -2.15. The summed E-state index contributed by atoms with van der Waals surface area (Å²) in [6.45, 7) is 2.06. The first kappa shape index (κ1) is 15.9. The number of hydrogen-bond acceptors (Lipinski definition) is 1. The first-order valence-corrected chi connectivity index (χ1v) is 8.85. The predicted molar refractivity (Wildman–Crippen MR) is 96.8 cm³/mol. The van der Waals surface area contributed by atoms with E-state index in [4.69, 9.17) is 0 Å². The molecule has 1 aliphatic rings. The van der Waals surface area contributed by atoms with Crippen LogP contribution in [0.4, 0.5) is 0 Å². The Kier molecular flexibility index (Phi) is 4.87. The molecule has 3 rings (SSSR count). The standard InChI is InChI=1S/C20H21O2S/c1-14-16-11-5-6-13-18(16)23-19(14)17(20(21)22)12-7-10-15-8-3-2-4-9-15/h2-6,8-9,11,13,17,23H,7,10,12H2,1H3,(H,21,22). The van der Waals surface area contributed by atoms with Crippen LogP contribution < -0.4 is 0 Å². The average Bonchev–Trinajstić information content (AvgIpc) is 2.89. The number of carbonyl (C=O) groups is 1. The van der Waals surface area contributed by atoms with Gasteiger partial charge < -0.3 is 5.11 Å². The number of allylic oxidation sites excluding steroid dienone is 1. The maximum Gasteiger partial charge on any atom is 0.311 e. The van der Waals surface area contributed by atoms with Crippen molar-refractivity contribution in [1.82, 2.24) is 0 Å². The zero-order chi connectivity index (χ0) is 16.2. The lowest BCUT2D eigenvalue weighted by atomic mass is 9.95. The molecule has 0 amide bonds. The zero-order valence-corrected chi connectivity index (χ0v) is 14.1. The second kappa shape index (κ2) is 7.05. The van der Waals surface area contributed by atoms with Crippen molar-refractivity contribution in [1.29, 1.82) is 0 Å². The number of benzene rings is 2. The molecular weight excluding hydrogens is 304 g/mol. The van der Waals surface area contributed by atoms with Crippen molar-refractivity contribution < 1.29 is 9.90 Å². The van der Waals surface area contributed by atoms with Crippen LogP contribution in [-0.2, 0) is 11.2 Å². The Balaban J connectivity index is 1.71. The lowest BCUT2D eigenvalue weighted by Gasteiger charge is -2.15. The van der Waals surface area contributed by atoms with E-state index < -0.39 is 5.97 Å². The van der Waals surface area contributed by atoms with E-state index >= 15 is 0 Å². The lowest BCUT2D eigenvalue weighted by molar-refractivity contribution is -0.140. The highest BCUT2D eigenvalue weighted by Crippen LogP contribution is 2.48. The van der Waals surface area contributed by atoms with E-state index in [-0.39, 0.29) is 5.92 Å². The first-order chi connectivity index (χ1) is 11.2. The molecule has 2 aromatic rings. The Morgan fingerprint density at radius 1 is 1.09 bits per heavy atom. The largest absolute Gasteiger partial charge is 0.481 e. The van der Waals surface area contributed by atoms with E-state index in [0.717, 1.165) is 35.1 Å². The summed E-state index contributed by atoms with van der Waals surface area (Å²) in [6, 6.07) is 18.5. The molecule has 1 radical (unpaired) electrons. The van der Waals surface area contributed by atoms with Crippen LogP contribution in [0, 0.1) is 5.92 Å². The quantitative estimate of drug-likeness (QED) is 0.735. The number of thiol groups is 1. The topological polar surface area (TPSA) is 37.3 Å². The number of aliphatic carboxylic acids is 1. The van der Waals surface area contributed by atoms with E-state index in [1.165, 1.54) is 16.0 Å². The Morgan fingerprint density at radius 2 is 1.78 bits per heavy atom. The van der Waals surface area contributed by atoms with Gasteiger partial charge in [0, 0.05) is 4.90 Å². The SMILES string of the molecule is CC1=C(C(CCCc2ccccc2)C(=O)O)[SH]c2ccccc21. The maximum atomic E-state index is 11.8. The second-order valence-corrected chi connectivity index (χ2v) is 7.10. The molecule has 2 aromatic carbocycles. The summed E-state index contributed by atoms with van der Waals surface area (Å²) in [4.78, 5) is 14.1. The number of carboxylic acids is 1. The molecule has 0 saturated carbocycles. The van der Waals surface area contributed by atoms with Crippen molar-refractivity contribution in [3.8, 4) is 0 Å². The van der Waals surface area contributed by atoms with Crippen molar-refractivity contribution in [2.75, 3.05) is 0 Å². The normalized spacial score (nSPS) is 14.7. The molecule has 0 fully saturated rings. The molecule has 1 aliphatic heterocycles. The van der Waals surface area contributed by atoms with Crippen molar-refractivity contribution >= 4 is 23.3 Å². The van der Waals surface area contributed by atoms with E-state index in [0.29, 0.717) is 6.42 Å². The highest BCUT2D eigenvalue weighted by atomic mass is 32.2. The number of fused-ring (bicyclic) bond motifs is 1. The van der Waals surface area contributed by atoms with Crippen LogP contribution in [0.2, 0.25) is 0 Å². The van der Waals surface area contributed by atoms with Crippen LogP contribution in [-0.4, -0.2) is 11.1 Å². The van der Waals surface area contributed by atoms with Crippen LogP contribution in [0.3, 0.4) is 0 Å². The summed E-state index contributed by atoms with van der Waals surface area (Å²) >= 11 is 1.06. The van der Waals surface area contributed by atoms with Gasteiger partial charge in [0.15, 0.2) is 0 Å². The van der Waals surface area contributed by atoms with E-state index in [1.54, 1.807) is 0 Å². The Hall–Kier alpha value is -2.00. The summed E-state index contributed by atoms with van der Waals surface area (Å²) in [5.41, 5.74) is 3.63. The molecule has 0 bridgehead atoms. The molecular formula is C20H21O2S. The highest BCUT2D eigenvalue weighted by Gasteiger charge is 2.28. The van der Waals surface area contributed by atoms with Gasteiger partial charge in [0.05, 0.1) is 5.92 Å². The number of rotatable bonds is 6. The van der Waals surface area contributed by atoms with Crippen molar-refractivity contribution in [2.45, 2.75) is 31.1 Å². The van der Waals surface area contributed by atoms with Gasteiger partial charge >= 0.3 is 5.97 Å². The fourth-order valence-electron chi connectivity index (χ4n) is 3.11. The van der Waals surface area contributed by atoms with E-state index in [9.17, 15) is 9.90 Å². The van der Waals surface area contributed by atoms with Gasteiger partial charge in [-0.3, -0.25) is 4.79 Å². The third-order valence-corrected chi connectivity index (χ3v) is 5.88. The molecule has 23 heavy (non-hydrogen) atoms. The number of carboxylic acid groups (broad SMARTS) is 1. The summed E-state index contributed by atoms with van der Waals surface area (Å²) in [6.07, 6.45) is 2.52. The number of hydrogen-bond donors (Lipinski definition) is 2. The smallest absolute Gasteiger partial charge is 0.311 e. The van der Waals surface area contributed by atoms with Gasteiger partial charge in [0.25, 0.3) is 0 Å². The third kappa shape index (κ3) is 3.50. The molecule has 3 heteroatoms. The van der Waals surface area contributed by atoms with Gasteiger partial charge in [-0.1, -0.05) is 48.5 Å². The van der Waals surface area contributed by atoms with Crippen LogP contribution in [0.25, 0.3) is 5.57 Å². The molecule has 2 nitrogen and oxygen atoms in total. The van der Waals surface area contributed by atoms with E-state index in [2.05, 4.69) is 31.2 Å². The van der Waals surface area contributed by atoms with Gasteiger partial charge in [-0.2, -0.15) is 11.8 Å². The Labute approximate surface area is 141 Å². The van der Waals surface area contributed by atoms with Crippen LogP contribution >= 0.6 is 11.8 Å². The minimum absolute atomic E-state index is 0.382. The van der Waals surface area contributed by atoms with Gasteiger partial charge in [-0.05, 0) is 53.9 Å². The molecule has 0 aromatic heterocycles. The monoisotopic (exact) mass is 325 g/mol. The molecule has 1 N–H and O–H groups in total. The van der Waals surface area contributed by atoms with Crippen LogP contribution in [0.5, 0.6) is 0 Å². The molecule has 119 valence electrons. The van der Waals surface area contributed by atoms with Gasteiger partial charge in [0.1, 0.15) is 0 Å². The van der Waals surface area contributed by atoms with Crippen LogP contribution in [0.15, 0.2) is 64.4 Å². The van der Waals surface area contributed by atoms with Crippen molar-refractivity contribution in [2.24, 2.45) is 5.92 Å². The third-order valence-electron chi connectivity index (χ3n) is 4.36. The van der Waals surface area contributed by atoms with Crippen molar-refractivity contribution in [3.63, 3.8) is 0 Å². The minimum Gasteiger partial charge on any atom is -0.481 e. The maximum absolute atomic E-state index is 11.8. The molecule has 0 aliphatic carbocycles. The predicted octanol–water partition coefficient (Wildman–Crippen LogP) is 4.98. The molecule has 0 spiro atoms. The molecule has 1 atom stereocenters. The second-order valence-electron chi connectivity index (χ2n) is 5.91. The summed E-state index contributed by atoms with van der Waals surface area (Å²) < 4.78 is 0. The molecule has 0 saturated heterocycles. The van der Waals surface area contributed by atoms with E-state index in [1.807, 2.05) is 30.3 Å². The van der Waals surface area contributed by atoms with Crippen LogP contribution in [0.1, 0.15) is 30.9 Å². The fraction of sp³-hybridized carbons (Fsp3) is 0.250. The molecule has 1 heterocycles. The number of aryl methyl sites for hydroxylation is 1. The first-order valence-electron chi connectivity index (χ1n) is 7.95. The zero-order valence-electron chi connectivity index (χ0n) is 13.2. The van der Waals surface area contributed by atoms with Gasteiger partial charge in [-0.15, -0.1) is 0 Å². The Bertz CT molecular complexity index is 734. The summed E-state index contributed by atoms with van der Waals surface area (Å²) in [5.74, 6) is -1.08. The van der Waals surface area contributed by atoms with Gasteiger partial charge in [0.2, 0.25) is 0 Å². The minimum atomic E-state index is -0.701. The average molecular weight is 325 g/mol. The van der Waals surface area contributed by atoms with Crippen molar-refractivity contribution in [3.05, 3.63) is 70.6 Å². The molecule has 1 unspecified atom stereocenters. The highest BCUT2D eigenvalue weighted by molar-refractivity contribution is 8.03. The summed E-state index contributed by atoms with van der Waals surface area (Å²) in [7, 11) is 0.